The number of nitrogens with zero attached hydrogens (tertiary/aromatic N) is 4. The zero-order valence-corrected chi connectivity index (χ0v) is 17.0. The molecule has 3 heterocycles. The highest BCUT2D eigenvalue weighted by molar-refractivity contribution is 8.22. The monoisotopic (exact) mass is 414 g/mol. The van der Waals surface area contributed by atoms with Gasteiger partial charge in [-0.25, -0.2) is 15.0 Å². The Kier molecular flexibility index (Phi) is 4.85. The van der Waals surface area contributed by atoms with Crippen LogP contribution in [0.2, 0.25) is 5.15 Å². The summed E-state index contributed by atoms with van der Waals surface area (Å²) in [6.07, 6.45) is 5.72. The number of ether oxygens (including phenoxy) is 3. The van der Waals surface area contributed by atoms with Gasteiger partial charge in [-0.15, -0.1) is 0 Å². The molecule has 2 aromatic heterocycles. The van der Waals surface area contributed by atoms with Crippen molar-refractivity contribution in [2.45, 2.75) is 44.3 Å². The Labute approximate surface area is 165 Å². The molecule has 0 aromatic carbocycles. The van der Waals surface area contributed by atoms with E-state index in [1.807, 2.05) is 24.7 Å². The number of halogens is 1. The lowest BCUT2D eigenvalue weighted by Crippen LogP contribution is -2.28. The van der Waals surface area contributed by atoms with Crippen molar-refractivity contribution >= 4 is 51.1 Å². The molecule has 2 aliphatic rings. The summed E-state index contributed by atoms with van der Waals surface area (Å²) in [5.41, 5.74) is 1.29. The molecule has 0 N–H and O–H groups in total. The van der Waals surface area contributed by atoms with Crippen molar-refractivity contribution in [2.75, 3.05) is 12.9 Å². The van der Waals surface area contributed by atoms with Gasteiger partial charge in [0.25, 0.3) is 0 Å². The molecular formula is C16H19ClN4O3S2. The molecule has 1 aliphatic carbocycles. The lowest BCUT2D eigenvalue weighted by atomic mass is 10.1. The quantitative estimate of drug-likeness (QED) is 0.560. The third kappa shape index (κ3) is 3.20. The first-order chi connectivity index (χ1) is 12.4. The van der Waals surface area contributed by atoms with Gasteiger partial charge in [-0.3, -0.25) is 0 Å². The maximum absolute atomic E-state index is 6.21. The maximum Gasteiger partial charge on any atom is 0.219 e. The van der Waals surface area contributed by atoms with Crippen molar-refractivity contribution < 1.29 is 14.2 Å². The average molecular weight is 415 g/mol. The second kappa shape index (κ2) is 6.87. The third-order valence-corrected chi connectivity index (χ3v) is 6.15. The number of fused-ring (bicyclic) bond motifs is 2. The van der Waals surface area contributed by atoms with E-state index in [2.05, 4.69) is 15.0 Å². The van der Waals surface area contributed by atoms with Crippen LogP contribution in [0, 0.1) is 5.92 Å². The van der Waals surface area contributed by atoms with Gasteiger partial charge in [0.1, 0.15) is 17.9 Å². The van der Waals surface area contributed by atoms with E-state index in [1.54, 1.807) is 6.33 Å². The Morgan fingerprint density at radius 3 is 2.92 bits per heavy atom. The summed E-state index contributed by atoms with van der Waals surface area (Å²) in [6.45, 7) is 4.36. The molecule has 4 rings (SSSR count). The fourth-order valence-corrected chi connectivity index (χ4v) is 4.22. The van der Waals surface area contributed by atoms with E-state index in [-0.39, 0.29) is 24.2 Å². The van der Waals surface area contributed by atoms with Crippen LogP contribution in [0.1, 0.15) is 26.3 Å². The van der Waals surface area contributed by atoms with Crippen molar-refractivity contribution in [3.05, 3.63) is 17.8 Å². The van der Waals surface area contributed by atoms with E-state index in [0.717, 1.165) is 6.42 Å². The molecule has 4 atom stereocenters. The summed E-state index contributed by atoms with van der Waals surface area (Å²) in [5.74, 6) is -0.485. The molecule has 0 radical (unpaired) electrons. The highest BCUT2D eigenvalue weighted by Crippen LogP contribution is 2.47. The fourth-order valence-electron chi connectivity index (χ4n) is 3.79. The maximum atomic E-state index is 6.21. The Balaban J connectivity index is 1.65. The molecule has 0 spiro atoms. The Bertz CT molecular complexity index is 846. The summed E-state index contributed by atoms with van der Waals surface area (Å²) in [5, 5.41) is 0.345. The van der Waals surface area contributed by atoms with E-state index in [1.165, 1.54) is 18.1 Å². The van der Waals surface area contributed by atoms with Gasteiger partial charge in [-0.1, -0.05) is 23.4 Å². The summed E-state index contributed by atoms with van der Waals surface area (Å²) in [4.78, 5) is 12.7. The number of aromatic nitrogens is 4. The molecule has 0 amide bonds. The van der Waals surface area contributed by atoms with Crippen LogP contribution in [0.3, 0.4) is 0 Å². The van der Waals surface area contributed by atoms with Crippen molar-refractivity contribution in [3.63, 3.8) is 0 Å². The van der Waals surface area contributed by atoms with Gasteiger partial charge in [0.05, 0.1) is 25.1 Å². The summed E-state index contributed by atoms with van der Waals surface area (Å²) < 4.78 is 20.6. The standard InChI is InChI=1S/C16H19ClN4O3S2/c1-16(2)23-11-8(5-22-15(25)26-3)4-9(12(11)24-16)21-7-20-10-13(17)18-6-19-14(10)21/h6-9,11-12H,4-5H2,1-3H3/t8-,9-,11-,12+/m1/s1. The van der Waals surface area contributed by atoms with Gasteiger partial charge in [0, 0.05) is 5.92 Å². The van der Waals surface area contributed by atoms with Gasteiger partial charge < -0.3 is 18.8 Å². The van der Waals surface area contributed by atoms with Gasteiger partial charge >= 0.3 is 0 Å². The normalized spacial score (nSPS) is 29.8. The molecule has 7 nitrogen and oxygen atoms in total. The number of imidazole rings is 1. The van der Waals surface area contributed by atoms with Crippen molar-refractivity contribution in [1.82, 2.24) is 19.5 Å². The van der Waals surface area contributed by atoms with Gasteiger partial charge in [0.2, 0.25) is 4.38 Å². The number of rotatable bonds is 3. The first kappa shape index (κ1) is 18.4. The smallest absolute Gasteiger partial charge is 0.219 e. The van der Waals surface area contributed by atoms with Crippen LogP contribution in [0.25, 0.3) is 11.2 Å². The molecule has 1 saturated carbocycles. The molecule has 1 aliphatic heterocycles. The second-order valence-corrected chi connectivity index (χ2v) is 8.65. The van der Waals surface area contributed by atoms with E-state index < -0.39 is 5.79 Å². The van der Waals surface area contributed by atoms with Crippen LogP contribution in [0.4, 0.5) is 0 Å². The predicted octanol–water partition coefficient (Wildman–Crippen LogP) is 3.23. The number of thiocarbonyl (C=S) groups is 1. The van der Waals surface area contributed by atoms with Crippen molar-refractivity contribution in [3.8, 4) is 0 Å². The number of hydrogen-bond acceptors (Lipinski definition) is 8. The Morgan fingerprint density at radius 2 is 2.15 bits per heavy atom. The molecule has 1 saturated heterocycles. The third-order valence-electron chi connectivity index (χ3n) is 4.81. The van der Waals surface area contributed by atoms with Crippen LogP contribution in [0.5, 0.6) is 0 Å². The van der Waals surface area contributed by atoms with E-state index in [9.17, 15) is 0 Å². The second-order valence-electron chi connectivity index (χ2n) is 6.88. The molecule has 2 fully saturated rings. The number of thioether (sulfide) groups is 1. The first-order valence-electron chi connectivity index (χ1n) is 8.29. The topological polar surface area (TPSA) is 71.3 Å². The molecule has 140 valence electrons. The fraction of sp³-hybridized carbons (Fsp3) is 0.625. The van der Waals surface area contributed by atoms with E-state index in [0.29, 0.717) is 27.3 Å². The first-order valence-corrected chi connectivity index (χ1v) is 10.3. The van der Waals surface area contributed by atoms with Gasteiger partial charge in [0.15, 0.2) is 16.6 Å². The van der Waals surface area contributed by atoms with Crippen LogP contribution in [-0.2, 0) is 14.2 Å². The Hall–Kier alpha value is -1.00. The van der Waals surface area contributed by atoms with E-state index in [4.69, 9.17) is 38.0 Å². The van der Waals surface area contributed by atoms with Crippen molar-refractivity contribution in [1.29, 1.82) is 0 Å². The van der Waals surface area contributed by atoms with Crippen LogP contribution in [0.15, 0.2) is 12.7 Å². The summed E-state index contributed by atoms with van der Waals surface area (Å²) in [6, 6.07) is 0.0224. The SMILES string of the molecule is CSC(=S)OC[C@H]1C[C@@H](n2cnc3c(Cl)ncnc32)[C@@H]2OC(C)(C)O[C@H]12. The minimum Gasteiger partial charge on any atom is -0.478 e. The van der Waals surface area contributed by atoms with E-state index >= 15 is 0 Å². The zero-order valence-electron chi connectivity index (χ0n) is 14.6. The molecular weight excluding hydrogens is 396 g/mol. The summed E-state index contributed by atoms with van der Waals surface area (Å²) >= 11 is 12.7. The average Bonchev–Trinajstić information content (AvgIpc) is 3.24. The largest absolute Gasteiger partial charge is 0.478 e. The molecule has 26 heavy (non-hydrogen) atoms. The zero-order chi connectivity index (χ0) is 18.5. The van der Waals surface area contributed by atoms with Gasteiger partial charge in [-0.05, 0) is 38.7 Å². The lowest BCUT2D eigenvalue weighted by Gasteiger charge is -2.24. The molecule has 0 bridgehead atoms. The highest BCUT2D eigenvalue weighted by Gasteiger charge is 2.55. The van der Waals surface area contributed by atoms with Crippen molar-refractivity contribution in [2.24, 2.45) is 5.92 Å². The van der Waals surface area contributed by atoms with Crippen LogP contribution in [-0.4, -0.2) is 54.8 Å². The van der Waals surface area contributed by atoms with Crippen LogP contribution < -0.4 is 0 Å². The lowest BCUT2D eigenvalue weighted by molar-refractivity contribution is -0.161. The minimum absolute atomic E-state index is 0.0224. The number of hydrogen-bond donors (Lipinski definition) is 0. The van der Waals surface area contributed by atoms with Gasteiger partial charge in [-0.2, -0.15) is 0 Å². The highest BCUT2D eigenvalue weighted by atomic mass is 35.5. The molecule has 2 aromatic rings. The predicted molar refractivity (Wildman–Crippen MR) is 103 cm³/mol. The Morgan fingerprint density at radius 1 is 1.38 bits per heavy atom. The molecule has 10 heteroatoms. The molecule has 0 unspecified atom stereocenters. The van der Waals surface area contributed by atoms with Crippen LogP contribution >= 0.6 is 35.6 Å². The summed E-state index contributed by atoms with van der Waals surface area (Å²) in [7, 11) is 0. The minimum atomic E-state index is -0.644.